The molecule has 0 saturated heterocycles. The summed E-state index contributed by atoms with van der Waals surface area (Å²) in [5, 5.41) is 0. The van der Waals surface area contributed by atoms with Crippen molar-refractivity contribution in [2.24, 2.45) is 5.41 Å². The molecule has 0 unspecified atom stereocenters. The molecule has 0 rings (SSSR count). The van der Waals surface area contributed by atoms with Gasteiger partial charge in [-0.3, -0.25) is 4.79 Å². The highest BCUT2D eigenvalue weighted by atomic mass is 16.5. The van der Waals surface area contributed by atoms with Crippen LogP contribution in [0.25, 0.3) is 0 Å². The van der Waals surface area contributed by atoms with Crippen LogP contribution in [0, 0.1) is 5.41 Å². The molecular weight excluding hydrogens is 164 g/mol. The van der Waals surface area contributed by atoms with Crippen molar-refractivity contribution < 1.29 is 9.53 Å². The molecule has 0 heterocycles. The Kier molecular flexibility index (Phi) is 4.50. The van der Waals surface area contributed by atoms with Crippen LogP contribution >= 0.6 is 0 Å². The van der Waals surface area contributed by atoms with E-state index in [1.807, 2.05) is 20.8 Å². The van der Waals surface area contributed by atoms with E-state index in [9.17, 15) is 4.79 Å². The Balaban J connectivity index is 4.34. The Morgan fingerprint density at radius 3 is 2.31 bits per heavy atom. The summed E-state index contributed by atoms with van der Waals surface area (Å²) in [5.74, 6) is -0.205. The minimum atomic E-state index is -0.205. The molecule has 0 spiro atoms. The van der Waals surface area contributed by atoms with Gasteiger partial charge in [-0.05, 0) is 17.9 Å². The maximum absolute atomic E-state index is 11.1. The summed E-state index contributed by atoms with van der Waals surface area (Å²) in [4.78, 5) is 11.1. The minimum absolute atomic E-state index is 0.0610. The Morgan fingerprint density at radius 2 is 2.00 bits per heavy atom. The quantitative estimate of drug-likeness (QED) is 0.495. The van der Waals surface area contributed by atoms with Crippen LogP contribution in [0.15, 0.2) is 17.9 Å². The number of ether oxygens (including phenoxy) is 1. The highest BCUT2D eigenvalue weighted by molar-refractivity contribution is 5.72. The monoisotopic (exact) mass is 182 g/mol. The molecule has 0 bridgehead atoms. The van der Waals surface area contributed by atoms with Gasteiger partial charge in [0.15, 0.2) is 0 Å². The highest BCUT2D eigenvalue weighted by Crippen LogP contribution is 2.26. The van der Waals surface area contributed by atoms with Crippen LogP contribution in [-0.2, 0) is 9.53 Å². The predicted octanol–water partition coefficient (Wildman–Crippen LogP) is 2.70. The molecule has 0 atom stereocenters. The molecule has 2 nitrogen and oxygen atoms in total. The number of rotatable bonds is 3. The fourth-order valence-electron chi connectivity index (χ4n) is 0.949. The summed E-state index contributed by atoms with van der Waals surface area (Å²) in [7, 11) is 0. The second kappa shape index (κ2) is 4.88. The molecule has 0 aliphatic rings. The van der Waals surface area contributed by atoms with Crippen molar-refractivity contribution >= 4 is 5.97 Å². The SMILES string of the molecule is C=C=C(CC(=O)OCC)C(C)(C)C. The average Bonchev–Trinajstić information content (AvgIpc) is 1.98. The van der Waals surface area contributed by atoms with Crippen molar-refractivity contribution in [1.29, 1.82) is 0 Å². The van der Waals surface area contributed by atoms with E-state index in [1.165, 1.54) is 0 Å². The molecule has 0 aromatic rings. The number of carbonyl (C=O) groups is 1. The topological polar surface area (TPSA) is 26.3 Å². The molecule has 0 aromatic carbocycles. The van der Waals surface area contributed by atoms with E-state index in [4.69, 9.17) is 4.74 Å². The molecule has 0 radical (unpaired) electrons. The molecular formula is C11H18O2. The second-order valence-electron chi connectivity index (χ2n) is 3.89. The maximum Gasteiger partial charge on any atom is 0.310 e. The normalized spacial score (nSPS) is 10.5. The van der Waals surface area contributed by atoms with Gasteiger partial charge < -0.3 is 4.74 Å². The average molecular weight is 182 g/mol. The van der Waals surface area contributed by atoms with Crippen molar-refractivity contribution in [2.75, 3.05) is 6.61 Å². The van der Waals surface area contributed by atoms with Gasteiger partial charge >= 0.3 is 5.97 Å². The van der Waals surface area contributed by atoms with E-state index in [-0.39, 0.29) is 11.4 Å². The minimum Gasteiger partial charge on any atom is -0.466 e. The zero-order valence-electron chi connectivity index (χ0n) is 8.94. The third kappa shape index (κ3) is 4.54. The zero-order valence-corrected chi connectivity index (χ0v) is 8.94. The largest absolute Gasteiger partial charge is 0.466 e. The van der Waals surface area contributed by atoms with Crippen LogP contribution in [0.1, 0.15) is 34.1 Å². The van der Waals surface area contributed by atoms with Crippen LogP contribution in [0.4, 0.5) is 0 Å². The van der Waals surface area contributed by atoms with Gasteiger partial charge in [0.2, 0.25) is 0 Å². The first-order chi connectivity index (χ1) is 5.91. The first-order valence-electron chi connectivity index (χ1n) is 4.46. The molecule has 0 aromatic heterocycles. The lowest BCUT2D eigenvalue weighted by molar-refractivity contribution is -0.142. The van der Waals surface area contributed by atoms with Crippen LogP contribution in [0.5, 0.6) is 0 Å². The van der Waals surface area contributed by atoms with Crippen molar-refractivity contribution in [3.8, 4) is 0 Å². The van der Waals surface area contributed by atoms with Gasteiger partial charge in [-0.2, -0.15) is 0 Å². The standard InChI is InChI=1S/C11H18O2/c1-6-9(11(3,4)5)8-10(12)13-7-2/h1,7-8H2,2-5H3. The van der Waals surface area contributed by atoms with Crippen LogP contribution < -0.4 is 0 Å². The van der Waals surface area contributed by atoms with Gasteiger partial charge in [-0.15, -0.1) is 5.73 Å². The number of carbonyl (C=O) groups excluding carboxylic acids is 1. The first kappa shape index (κ1) is 12.0. The molecule has 0 fully saturated rings. The molecule has 0 aliphatic heterocycles. The molecule has 2 heteroatoms. The number of hydrogen-bond donors (Lipinski definition) is 0. The fraction of sp³-hybridized carbons (Fsp3) is 0.636. The Morgan fingerprint density at radius 1 is 1.46 bits per heavy atom. The lowest BCUT2D eigenvalue weighted by atomic mass is 9.85. The lowest BCUT2D eigenvalue weighted by Crippen LogP contribution is -2.14. The summed E-state index contributed by atoms with van der Waals surface area (Å²) < 4.78 is 4.84. The molecule has 0 saturated carbocycles. The van der Waals surface area contributed by atoms with E-state index < -0.39 is 0 Å². The summed E-state index contributed by atoms with van der Waals surface area (Å²) in [5.41, 5.74) is 3.63. The van der Waals surface area contributed by atoms with Gasteiger partial charge in [0.05, 0.1) is 13.0 Å². The predicted molar refractivity (Wildman–Crippen MR) is 53.4 cm³/mol. The summed E-state index contributed by atoms with van der Waals surface area (Å²) in [6.07, 6.45) is 0.292. The molecule has 13 heavy (non-hydrogen) atoms. The summed E-state index contributed by atoms with van der Waals surface area (Å²) in [6.45, 7) is 11.9. The molecule has 0 amide bonds. The van der Waals surface area contributed by atoms with E-state index >= 15 is 0 Å². The van der Waals surface area contributed by atoms with Crippen LogP contribution in [0.3, 0.4) is 0 Å². The highest BCUT2D eigenvalue weighted by Gasteiger charge is 2.19. The van der Waals surface area contributed by atoms with Gasteiger partial charge in [-0.25, -0.2) is 0 Å². The van der Waals surface area contributed by atoms with E-state index in [1.54, 1.807) is 6.92 Å². The summed E-state index contributed by atoms with van der Waals surface area (Å²) in [6, 6.07) is 0. The van der Waals surface area contributed by atoms with E-state index in [0.717, 1.165) is 5.57 Å². The third-order valence-electron chi connectivity index (χ3n) is 1.75. The third-order valence-corrected chi connectivity index (χ3v) is 1.75. The fourth-order valence-corrected chi connectivity index (χ4v) is 0.949. The van der Waals surface area contributed by atoms with Crippen LogP contribution in [-0.4, -0.2) is 12.6 Å². The van der Waals surface area contributed by atoms with E-state index in [0.29, 0.717) is 13.0 Å². The molecule has 0 N–H and O–H groups in total. The Bertz CT molecular complexity index is 227. The molecule has 74 valence electrons. The second-order valence-corrected chi connectivity index (χ2v) is 3.89. The van der Waals surface area contributed by atoms with Crippen molar-refractivity contribution in [3.63, 3.8) is 0 Å². The van der Waals surface area contributed by atoms with Crippen LogP contribution in [0.2, 0.25) is 0 Å². The Labute approximate surface area is 80.3 Å². The van der Waals surface area contributed by atoms with E-state index in [2.05, 4.69) is 12.3 Å². The first-order valence-corrected chi connectivity index (χ1v) is 4.46. The van der Waals surface area contributed by atoms with Crippen molar-refractivity contribution in [1.82, 2.24) is 0 Å². The van der Waals surface area contributed by atoms with Crippen molar-refractivity contribution in [3.05, 3.63) is 17.9 Å². The Hall–Kier alpha value is -1.01. The van der Waals surface area contributed by atoms with Gasteiger partial charge in [-0.1, -0.05) is 27.4 Å². The van der Waals surface area contributed by atoms with Crippen molar-refractivity contribution in [2.45, 2.75) is 34.1 Å². The van der Waals surface area contributed by atoms with Gasteiger partial charge in [0.25, 0.3) is 0 Å². The number of esters is 1. The smallest absolute Gasteiger partial charge is 0.310 e. The maximum atomic E-state index is 11.1. The van der Waals surface area contributed by atoms with Gasteiger partial charge in [0.1, 0.15) is 0 Å². The van der Waals surface area contributed by atoms with Gasteiger partial charge in [0, 0.05) is 0 Å². The number of hydrogen-bond acceptors (Lipinski definition) is 2. The summed E-state index contributed by atoms with van der Waals surface area (Å²) >= 11 is 0. The lowest BCUT2D eigenvalue weighted by Gasteiger charge is -2.20. The zero-order chi connectivity index (χ0) is 10.5. The molecule has 0 aliphatic carbocycles.